The lowest BCUT2D eigenvalue weighted by Gasteiger charge is -2.08. The van der Waals surface area contributed by atoms with Crippen molar-refractivity contribution < 1.29 is 17.9 Å². The summed E-state index contributed by atoms with van der Waals surface area (Å²) in [6, 6.07) is 0. The van der Waals surface area contributed by atoms with E-state index in [-0.39, 0.29) is 0 Å². The van der Waals surface area contributed by atoms with Crippen molar-refractivity contribution in [1.82, 2.24) is 0 Å². The molecule has 5 heteroatoms. The topological polar surface area (TPSA) is 60.4 Å². The van der Waals surface area contributed by atoms with Crippen LogP contribution in [0.5, 0.6) is 0 Å². The zero-order valence-corrected chi connectivity index (χ0v) is 7.50. The van der Waals surface area contributed by atoms with E-state index in [9.17, 15) is 13.2 Å². The van der Waals surface area contributed by atoms with Gasteiger partial charge in [0.2, 0.25) is 15.3 Å². The van der Waals surface area contributed by atoms with Gasteiger partial charge >= 0.3 is 5.97 Å². The van der Waals surface area contributed by atoms with Crippen LogP contribution in [0.3, 0.4) is 0 Å². The van der Waals surface area contributed by atoms with E-state index in [0.29, 0.717) is 0 Å². The summed E-state index contributed by atoms with van der Waals surface area (Å²) in [7, 11) is -3.53. The van der Waals surface area contributed by atoms with Crippen LogP contribution in [0.2, 0.25) is 0 Å². The summed E-state index contributed by atoms with van der Waals surface area (Å²) < 4.78 is 26.3. The molecule has 0 aromatic rings. The van der Waals surface area contributed by atoms with E-state index in [1.165, 1.54) is 6.92 Å². The third kappa shape index (κ3) is 2.87. The second-order valence-electron chi connectivity index (χ2n) is 1.96. The summed E-state index contributed by atoms with van der Waals surface area (Å²) in [6.07, 6.45) is 0.898. The molecule has 0 amide bonds. The molecule has 12 heavy (non-hydrogen) atoms. The minimum atomic E-state index is -3.53. The minimum absolute atomic E-state index is 0.744. The van der Waals surface area contributed by atoms with E-state index >= 15 is 0 Å². The summed E-state index contributed by atoms with van der Waals surface area (Å²) in [4.78, 5) is 10.5. The van der Waals surface area contributed by atoms with Gasteiger partial charge in [0.15, 0.2) is 0 Å². The third-order valence-corrected chi connectivity index (χ3v) is 2.63. The Morgan fingerprint density at radius 3 is 2.33 bits per heavy atom. The first-order valence-corrected chi connectivity index (χ1v) is 4.74. The third-order valence-electron chi connectivity index (χ3n) is 1.14. The molecule has 0 N–H and O–H groups in total. The molecule has 0 heterocycles. The van der Waals surface area contributed by atoms with E-state index in [4.69, 9.17) is 0 Å². The van der Waals surface area contributed by atoms with Gasteiger partial charge in [-0.05, 0) is 6.92 Å². The maximum atomic E-state index is 10.9. The molecule has 0 saturated carbocycles. The normalized spacial score (nSPS) is 13.1. The van der Waals surface area contributed by atoms with Crippen LogP contribution in [0.1, 0.15) is 6.92 Å². The zero-order valence-electron chi connectivity index (χ0n) is 6.69. The second kappa shape index (κ2) is 4.06. The average molecular weight is 190 g/mol. The maximum Gasteiger partial charge on any atom is 0.331 e. The quantitative estimate of drug-likeness (QED) is 0.481. The highest BCUT2D eigenvalue weighted by molar-refractivity contribution is 7.94. The van der Waals surface area contributed by atoms with E-state index in [2.05, 4.69) is 17.9 Å². The number of rotatable bonds is 4. The first-order valence-electron chi connectivity index (χ1n) is 3.13. The molecule has 0 radical (unpaired) electrons. The van der Waals surface area contributed by atoms with Crippen molar-refractivity contribution in [3.63, 3.8) is 0 Å². The number of sulfone groups is 1. The highest BCUT2D eigenvalue weighted by atomic mass is 32.2. The Morgan fingerprint density at radius 1 is 1.50 bits per heavy atom. The molecule has 68 valence electrons. The van der Waals surface area contributed by atoms with Crippen molar-refractivity contribution in [2.75, 3.05) is 0 Å². The first-order chi connectivity index (χ1) is 5.44. The summed E-state index contributed by atoms with van der Waals surface area (Å²) in [6.45, 7) is 7.46. The lowest BCUT2D eigenvalue weighted by Crippen LogP contribution is -2.21. The van der Waals surface area contributed by atoms with Crippen LogP contribution in [-0.2, 0) is 19.4 Å². The van der Waals surface area contributed by atoms with Gasteiger partial charge in [-0.3, -0.25) is 0 Å². The smallest absolute Gasteiger partial charge is 0.331 e. The Kier molecular flexibility index (Phi) is 3.69. The van der Waals surface area contributed by atoms with Gasteiger partial charge in [0.25, 0.3) is 0 Å². The van der Waals surface area contributed by atoms with Crippen molar-refractivity contribution in [2.45, 2.75) is 12.4 Å². The molecular formula is C7H10O4S. The molecule has 1 unspecified atom stereocenters. The van der Waals surface area contributed by atoms with E-state index in [0.717, 1.165) is 11.5 Å². The van der Waals surface area contributed by atoms with Crippen LogP contribution in [0.25, 0.3) is 0 Å². The van der Waals surface area contributed by atoms with Crippen molar-refractivity contribution in [2.24, 2.45) is 0 Å². The molecule has 0 saturated heterocycles. The Balaban J connectivity index is 4.42. The van der Waals surface area contributed by atoms with Crippen LogP contribution in [0, 0.1) is 0 Å². The monoisotopic (exact) mass is 190 g/mol. The molecule has 0 aromatic carbocycles. The fourth-order valence-corrected chi connectivity index (χ4v) is 0.914. The number of ether oxygens (including phenoxy) is 1. The predicted molar refractivity (Wildman–Crippen MR) is 44.9 cm³/mol. The standard InChI is InChI=1S/C7H10O4S/c1-4-7(8)11-6(3)12(9,10)5-2/h4-6H,1-2H2,3H3. The first kappa shape index (κ1) is 10.9. The zero-order chi connectivity index (χ0) is 9.78. The number of carbonyl (C=O) groups excluding carboxylic acids is 1. The molecule has 0 rings (SSSR count). The van der Waals surface area contributed by atoms with Gasteiger partial charge in [0, 0.05) is 11.5 Å². The highest BCUT2D eigenvalue weighted by Gasteiger charge is 2.19. The van der Waals surface area contributed by atoms with Crippen LogP contribution in [0.4, 0.5) is 0 Å². The van der Waals surface area contributed by atoms with E-state index in [1.807, 2.05) is 0 Å². The fraction of sp³-hybridized carbons (Fsp3) is 0.286. The van der Waals surface area contributed by atoms with Gasteiger partial charge in [-0.2, -0.15) is 0 Å². The Hall–Kier alpha value is -1.10. The lowest BCUT2D eigenvalue weighted by molar-refractivity contribution is -0.138. The number of hydrogen-bond acceptors (Lipinski definition) is 4. The van der Waals surface area contributed by atoms with Gasteiger partial charge in [0.1, 0.15) is 0 Å². The van der Waals surface area contributed by atoms with Crippen molar-refractivity contribution in [1.29, 1.82) is 0 Å². The summed E-state index contributed by atoms with van der Waals surface area (Å²) in [5, 5.41) is 0.744. The molecule has 0 aromatic heterocycles. The van der Waals surface area contributed by atoms with Gasteiger partial charge < -0.3 is 4.74 Å². The Morgan fingerprint density at radius 2 is 2.00 bits per heavy atom. The maximum absolute atomic E-state index is 10.9. The predicted octanol–water partition coefficient (Wildman–Crippen LogP) is 0.620. The number of esters is 1. The molecule has 0 spiro atoms. The summed E-state index contributed by atoms with van der Waals surface area (Å²) in [5.41, 5.74) is -1.21. The minimum Gasteiger partial charge on any atom is -0.443 e. The molecule has 0 fully saturated rings. The van der Waals surface area contributed by atoms with Crippen LogP contribution >= 0.6 is 0 Å². The largest absolute Gasteiger partial charge is 0.443 e. The summed E-state index contributed by atoms with van der Waals surface area (Å²) >= 11 is 0. The van der Waals surface area contributed by atoms with Crippen molar-refractivity contribution >= 4 is 15.8 Å². The molecule has 4 nitrogen and oxygen atoms in total. The van der Waals surface area contributed by atoms with Crippen LogP contribution in [-0.4, -0.2) is 19.8 Å². The van der Waals surface area contributed by atoms with Gasteiger partial charge in [-0.1, -0.05) is 13.2 Å². The Labute approximate surface area is 71.5 Å². The van der Waals surface area contributed by atoms with Crippen molar-refractivity contribution in [3.05, 3.63) is 24.6 Å². The highest BCUT2D eigenvalue weighted by Crippen LogP contribution is 2.04. The molecule has 1 atom stereocenters. The van der Waals surface area contributed by atoms with Gasteiger partial charge in [-0.25, -0.2) is 13.2 Å². The second-order valence-corrected chi connectivity index (χ2v) is 4.14. The lowest BCUT2D eigenvalue weighted by atomic mass is 10.6. The van der Waals surface area contributed by atoms with Crippen molar-refractivity contribution in [3.8, 4) is 0 Å². The van der Waals surface area contributed by atoms with Gasteiger partial charge in [0.05, 0.1) is 0 Å². The fourth-order valence-electron chi connectivity index (χ4n) is 0.414. The molecule has 0 bridgehead atoms. The van der Waals surface area contributed by atoms with Crippen LogP contribution < -0.4 is 0 Å². The molecular weight excluding hydrogens is 180 g/mol. The number of hydrogen-bond donors (Lipinski definition) is 0. The molecule has 0 aliphatic heterocycles. The summed E-state index contributed by atoms with van der Waals surface area (Å²) in [5.74, 6) is -0.770. The van der Waals surface area contributed by atoms with E-state index in [1.54, 1.807) is 0 Å². The number of carbonyl (C=O) groups is 1. The SMILES string of the molecule is C=CC(=O)OC(C)S(=O)(=O)C=C. The molecule has 0 aliphatic rings. The van der Waals surface area contributed by atoms with Crippen LogP contribution in [0.15, 0.2) is 24.6 Å². The van der Waals surface area contributed by atoms with E-state index < -0.39 is 21.2 Å². The Bertz CT molecular complexity index is 289. The van der Waals surface area contributed by atoms with Gasteiger partial charge in [-0.15, -0.1) is 0 Å². The molecule has 0 aliphatic carbocycles. The average Bonchev–Trinajstić information content (AvgIpc) is 2.04.